The van der Waals surface area contributed by atoms with Crippen LogP contribution >= 0.6 is 0 Å². The molecule has 0 aliphatic heterocycles. The molecule has 2 atom stereocenters. The third-order valence-corrected chi connectivity index (χ3v) is 15.3. The summed E-state index contributed by atoms with van der Waals surface area (Å²) >= 11 is 0. The number of rotatable bonds is 61. The number of nitrogens with one attached hydrogen (secondary N) is 1. The zero-order chi connectivity index (χ0) is 52.2. The predicted octanol–water partition coefficient (Wildman–Crippen LogP) is 20.6. The van der Waals surface area contributed by atoms with Crippen molar-refractivity contribution >= 4 is 11.9 Å². The number of unbranched alkanes of at least 4 members (excludes halogenated alkanes) is 46. The van der Waals surface area contributed by atoms with Crippen LogP contribution in [-0.4, -0.2) is 47.4 Å². The van der Waals surface area contributed by atoms with Crippen LogP contribution in [-0.2, 0) is 14.3 Å². The van der Waals surface area contributed by atoms with Gasteiger partial charge in [0.05, 0.1) is 25.4 Å². The van der Waals surface area contributed by atoms with Crippen molar-refractivity contribution in [1.29, 1.82) is 0 Å². The molecule has 0 radical (unpaired) electrons. The number of hydrogen-bond donors (Lipinski definition) is 3. The topological polar surface area (TPSA) is 95.9 Å². The molecule has 3 N–H and O–H groups in total. The van der Waals surface area contributed by atoms with Gasteiger partial charge in [-0.05, 0) is 57.8 Å². The van der Waals surface area contributed by atoms with Gasteiger partial charge in [-0.2, -0.15) is 0 Å². The lowest BCUT2D eigenvalue weighted by Gasteiger charge is -2.22. The number of aliphatic hydroxyl groups is 2. The lowest BCUT2D eigenvalue weighted by atomic mass is 10.0. The van der Waals surface area contributed by atoms with Crippen molar-refractivity contribution < 1.29 is 24.5 Å². The Bertz CT molecular complexity index is 1120. The molecular weight excluding hydrogens is 887 g/mol. The van der Waals surface area contributed by atoms with Gasteiger partial charge in [-0.1, -0.05) is 314 Å². The number of ether oxygens (including phenoxy) is 1. The van der Waals surface area contributed by atoms with Gasteiger partial charge >= 0.3 is 5.97 Å². The monoisotopic (exact) mass is 1010 g/mol. The molecule has 0 heterocycles. The predicted molar refractivity (Wildman–Crippen MR) is 315 cm³/mol. The number of carbonyl (C=O) groups excluding carboxylic acids is 2. The second kappa shape index (κ2) is 61.9. The van der Waals surface area contributed by atoms with Crippen LogP contribution in [0.1, 0.15) is 361 Å². The Morgan fingerprint density at radius 2 is 0.694 bits per heavy atom. The summed E-state index contributed by atoms with van der Waals surface area (Å²) in [6.45, 7) is 4.94. The molecule has 72 heavy (non-hydrogen) atoms. The van der Waals surface area contributed by atoms with E-state index in [1.165, 1.54) is 270 Å². The maximum absolute atomic E-state index is 12.5. The van der Waals surface area contributed by atoms with Gasteiger partial charge in [0.2, 0.25) is 5.91 Å². The van der Waals surface area contributed by atoms with Crippen LogP contribution in [0.25, 0.3) is 0 Å². The van der Waals surface area contributed by atoms with Crippen molar-refractivity contribution in [3.8, 4) is 0 Å². The summed E-state index contributed by atoms with van der Waals surface area (Å²) in [5.74, 6) is -0.0458. The molecule has 0 aromatic rings. The van der Waals surface area contributed by atoms with Crippen LogP contribution in [0.4, 0.5) is 0 Å². The molecule has 0 spiro atoms. The highest BCUT2D eigenvalue weighted by atomic mass is 16.5. The van der Waals surface area contributed by atoms with Crippen molar-refractivity contribution in [2.24, 2.45) is 0 Å². The molecular formula is C66H127NO5. The third-order valence-electron chi connectivity index (χ3n) is 15.3. The first-order valence-corrected chi connectivity index (χ1v) is 32.6. The quantitative estimate of drug-likeness (QED) is 0.0320. The second-order valence-electron chi connectivity index (χ2n) is 22.5. The average molecular weight is 1010 g/mol. The lowest BCUT2D eigenvalue weighted by Crippen LogP contribution is -2.45. The van der Waals surface area contributed by atoms with E-state index in [0.717, 1.165) is 57.8 Å². The van der Waals surface area contributed by atoms with E-state index in [-0.39, 0.29) is 18.5 Å². The van der Waals surface area contributed by atoms with Gasteiger partial charge in [-0.25, -0.2) is 0 Å². The Morgan fingerprint density at radius 3 is 1.08 bits per heavy atom. The Hall–Kier alpha value is -1.66. The summed E-state index contributed by atoms with van der Waals surface area (Å²) in [4.78, 5) is 24.6. The lowest BCUT2D eigenvalue weighted by molar-refractivity contribution is -0.143. The van der Waals surface area contributed by atoms with Crippen molar-refractivity contribution in [3.05, 3.63) is 24.3 Å². The maximum atomic E-state index is 12.5. The van der Waals surface area contributed by atoms with Crippen LogP contribution < -0.4 is 5.32 Å². The zero-order valence-corrected chi connectivity index (χ0v) is 48.7. The highest BCUT2D eigenvalue weighted by Gasteiger charge is 2.20. The van der Waals surface area contributed by atoms with Crippen LogP contribution in [0.2, 0.25) is 0 Å². The highest BCUT2D eigenvalue weighted by molar-refractivity contribution is 5.76. The van der Waals surface area contributed by atoms with E-state index in [1.54, 1.807) is 0 Å². The van der Waals surface area contributed by atoms with Crippen molar-refractivity contribution in [3.63, 3.8) is 0 Å². The molecule has 0 aromatic carbocycles. The summed E-state index contributed by atoms with van der Waals surface area (Å²) < 4.78 is 5.49. The first kappa shape index (κ1) is 70.3. The molecule has 1 amide bonds. The van der Waals surface area contributed by atoms with E-state index in [9.17, 15) is 19.8 Å². The molecule has 0 bridgehead atoms. The van der Waals surface area contributed by atoms with Gasteiger partial charge < -0.3 is 20.3 Å². The second-order valence-corrected chi connectivity index (χ2v) is 22.5. The zero-order valence-electron chi connectivity index (χ0n) is 48.7. The fourth-order valence-corrected chi connectivity index (χ4v) is 10.3. The number of hydrogen-bond acceptors (Lipinski definition) is 5. The highest BCUT2D eigenvalue weighted by Crippen LogP contribution is 2.18. The molecule has 0 aliphatic carbocycles. The minimum atomic E-state index is -0.672. The van der Waals surface area contributed by atoms with Crippen LogP contribution in [0, 0.1) is 0 Å². The number of aliphatic hydroxyl groups excluding tert-OH is 2. The van der Waals surface area contributed by atoms with Crippen molar-refractivity contribution in [2.75, 3.05) is 13.2 Å². The first-order valence-electron chi connectivity index (χ1n) is 32.6. The Labute approximate surface area is 450 Å². The Kier molecular flexibility index (Phi) is 60.5. The fraction of sp³-hybridized carbons (Fsp3) is 0.909. The summed E-state index contributed by atoms with van der Waals surface area (Å²) in [5, 5.41) is 23.4. The normalized spacial score (nSPS) is 12.7. The van der Waals surface area contributed by atoms with Crippen molar-refractivity contribution in [2.45, 2.75) is 373 Å². The molecule has 2 unspecified atom stereocenters. The van der Waals surface area contributed by atoms with E-state index < -0.39 is 12.1 Å². The molecule has 6 heteroatoms. The molecule has 0 aromatic heterocycles. The number of carbonyl (C=O) groups is 2. The van der Waals surface area contributed by atoms with Gasteiger partial charge in [0.25, 0.3) is 0 Å². The minimum Gasteiger partial charge on any atom is -0.466 e. The summed E-state index contributed by atoms with van der Waals surface area (Å²) in [5.41, 5.74) is 0. The summed E-state index contributed by atoms with van der Waals surface area (Å²) in [7, 11) is 0. The van der Waals surface area contributed by atoms with Gasteiger partial charge in [0, 0.05) is 12.8 Å². The van der Waals surface area contributed by atoms with Crippen LogP contribution in [0.3, 0.4) is 0 Å². The number of allylic oxidation sites excluding steroid dienone is 4. The van der Waals surface area contributed by atoms with E-state index in [2.05, 4.69) is 43.5 Å². The molecule has 0 saturated carbocycles. The fourth-order valence-electron chi connectivity index (χ4n) is 10.3. The molecule has 426 valence electrons. The number of esters is 1. The van der Waals surface area contributed by atoms with E-state index in [4.69, 9.17) is 4.74 Å². The van der Waals surface area contributed by atoms with E-state index in [1.807, 2.05) is 0 Å². The average Bonchev–Trinajstić information content (AvgIpc) is 3.38. The Morgan fingerprint density at radius 1 is 0.389 bits per heavy atom. The van der Waals surface area contributed by atoms with E-state index >= 15 is 0 Å². The molecule has 0 fully saturated rings. The summed E-state index contributed by atoms with van der Waals surface area (Å²) in [6, 6.07) is -0.550. The van der Waals surface area contributed by atoms with Crippen LogP contribution in [0.5, 0.6) is 0 Å². The SMILES string of the molecule is CCCCC/C=C\C/C=C\CCCCCCCCCC(=O)OCCCCCCCCCCCCCCCCCC(=O)NC(CO)C(O)CCCCCCCCCCCCCCCCCCCCCCCCC. The number of amides is 1. The van der Waals surface area contributed by atoms with E-state index in [0.29, 0.717) is 25.9 Å². The maximum Gasteiger partial charge on any atom is 0.305 e. The first-order chi connectivity index (χ1) is 35.5. The van der Waals surface area contributed by atoms with Gasteiger partial charge in [0.15, 0.2) is 0 Å². The van der Waals surface area contributed by atoms with Gasteiger partial charge in [0.1, 0.15) is 0 Å². The molecule has 0 saturated heterocycles. The molecule has 6 nitrogen and oxygen atoms in total. The molecule has 0 aliphatic rings. The van der Waals surface area contributed by atoms with Crippen LogP contribution in [0.15, 0.2) is 24.3 Å². The summed E-state index contributed by atoms with van der Waals surface area (Å²) in [6.07, 6.45) is 76.1. The minimum absolute atomic E-state index is 0.00595. The van der Waals surface area contributed by atoms with Crippen molar-refractivity contribution in [1.82, 2.24) is 5.32 Å². The third kappa shape index (κ3) is 57.6. The standard InChI is InChI=1S/C66H127NO5/c1-3-5-7-9-11-13-15-17-19-21-22-23-24-25-26-28-30-34-38-42-46-50-54-58-64(69)63(62-68)67-65(70)59-55-51-47-43-39-35-31-29-33-37-41-45-49-53-57-61-72-66(71)60-56-52-48-44-40-36-32-27-20-18-16-14-12-10-8-6-4-2/h12,14,18,20,63-64,68-69H,3-11,13,15-17,19,21-62H2,1-2H3,(H,67,70)/b14-12-,20-18-. The van der Waals surface area contributed by atoms with Gasteiger partial charge in [-0.3, -0.25) is 9.59 Å². The Balaban J connectivity index is 3.42. The van der Waals surface area contributed by atoms with Gasteiger partial charge in [-0.15, -0.1) is 0 Å². The molecule has 0 rings (SSSR count). The smallest absolute Gasteiger partial charge is 0.305 e. The largest absolute Gasteiger partial charge is 0.466 e.